The maximum Gasteiger partial charge on any atom is 0.278 e. The van der Waals surface area contributed by atoms with E-state index in [0.717, 1.165) is 11.8 Å². The largest absolute Gasteiger partial charge is 0.352 e. The summed E-state index contributed by atoms with van der Waals surface area (Å²) in [6.07, 6.45) is 1.09. The quantitative estimate of drug-likeness (QED) is 0.378. The number of sulfonamides is 2. The Morgan fingerprint density at radius 2 is 1.50 bits per heavy atom. The molecule has 0 aliphatic rings. The summed E-state index contributed by atoms with van der Waals surface area (Å²) in [7, 11) is -7.11. The van der Waals surface area contributed by atoms with E-state index in [1.54, 1.807) is 66.2 Å². The molecule has 0 spiro atoms. The molecule has 0 fully saturated rings. The molecule has 1 amide bonds. The number of aryl methyl sites for hydroxylation is 2. The van der Waals surface area contributed by atoms with Crippen molar-refractivity contribution in [3.8, 4) is 0 Å². The lowest BCUT2D eigenvalue weighted by Crippen LogP contribution is -2.38. The summed E-state index contributed by atoms with van der Waals surface area (Å²) < 4.78 is 55.5. The van der Waals surface area contributed by atoms with Gasteiger partial charge in [0.2, 0.25) is 10.0 Å². The SMILES string of the molecule is Cc1ccc(S(=O)(=O)N(c2c(CCNC(=O)c3ccccc3)c3ccccc3n2C)S(C)(=O)=O)cc1. The molecule has 3 aromatic carbocycles. The summed E-state index contributed by atoms with van der Waals surface area (Å²) >= 11 is 0. The van der Waals surface area contributed by atoms with Gasteiger partial charge in [0.15, 0.2) is 0 Å². The fraction of sp³-hybridized carbons (Fsp3) is 0.192. The minimum absolute atomic E-state index is 0.0215. The van der Waals surface area contributed by atoms with Crippen LogP contribution in [0.15, 0.2) is 83.8 Å². The summed E-state index contributed by atoms with van der Waals surface area (Å²) in [4.78, 5) is 12.4. The lowest BCUT2D eigenvalue weighted by Gasteiger charge is -2.24. The normalized spacial score (nSPS) is 12.0. The number of hydrogen-bond acceptors (Lipinski definition) is 5. The number of rotatable bonds is 8. The Hall–Kier alpha value is -3.63. The van der Waals surface area contributed by atoms with E-state index in [9.17, 15) is 21.6 Å². The van der Waals surface area contributed by atoms with Crippen LogP contribution in [0.5, 0.6) is 0 Å². The zero-order valence-electron chi connectivity index (χ0n) is 20.2. The Kier molecular flexibility index (Phi) is 6.92. The van der Waals surface area contributed by atoms with Gasteiger partial charge >= 0.3 is 0 Å². The molecule has 0 unspecified atom stereocenters. The zero-order valence-corrected chi connectivity index (χ0v) is 21.8. The van der Waals surface area contributed by atoms with Crippen molar-refractivity contribution in [3.63, 3.8) is 0 Å². The summed E-state index contributed by atoms with van der Waals surface area (Å²) in [6, 6.07) is 22.0. The summed E-state index contributed by atoms with van der Waals surface area (Å²) in [6.45, 7) is 1.99. The van der Waals surface area contributed by atoms with Crippen LogP contribution < -0.4 is 9.03 Å². The summed E-state index contributed by atoms with van der Waals surface area (Å²) in [5.74, 6) is -0.252. The van der Waals surface area contributed by atoms with Gasteiger partial charge in [-0.2, -0.15) is 8.42 Å². The third-order valence-electron chi connectivity index (χ3n) is 5.89. The Morgan fingerprint density at radius 3 is 2.14 bits per heavy atom. The first kappa shape index (κ1) is 25.5. The molecule has 1 heterocycles. The van der Waals surface area contributed by atoms with Crippen LogP contribution in [0.3, 0.4) is 0 Å². The molecule has 10 heteroatoms. The maximum atomic E-state index is 13.7. The van der Waals surface area contributed by atoms with Gasteiger partial charge in [-0.05, 0) is 43.7 Å². The van der Waals surface area contributed by atoms with Crippen LogP contribution >= 0.6 is 0 Å². The van der Waals surface area contributed by atoms with Gasteiger partial charge in [0, 0.05) is 35.6 Å². The molecule has 4 aromatic rings. The first-order valence-corrected chi connectivity index (χ1v) is 14.5. The van der Waals surface area contributed by atoms with E-state index in [0.29, 0.717) is 25.7 Å². The molecule has 0 aliphatic carbocycles. The average Bonchev–Trinajstić information content (AvgIpc) is 3.10. The molecule has 0 atom stereocenters. The number of nitrogens with one attached hydrogen (secondary N) is 1. The van der Waals surface area contributed by atoms with Crippen molar-refractivity contribution >= 4 is 42.7 Å². The maximum absolute atomic E-state index is 13.7. The van der Waals surface area contributed by atoms with E-state index >= 15 is 0 Å². The molecule has 8 nitrogen and oxygen atoms in total. The number of nitrogens with zero attached hydrogens (tertiary/aromatic N) is 2. The number of carbonyl (C=O) groups is 1. The number of hydrogen-bond donors (Lipinski definition) is 1. The lowest BCUT2D eigenvalue weighted by molar-refractivity contribution is 0.0954. The smallest absolute Gasteiger partial charge is 0.278 e. The number of fused-ring (bicyclic) bond motifs is 1. The number of amides is 1. The highest BCUT2D eigenvalue weighted by Gasteiger charge is 2.37. The minimum Gasteiger partial charge on any atom is -0.352 e. The van der Waals surface area contributed by atoms with Crippen molar-refractivity contribution in [1.82, 2.24) is 9.88 Å². The van der Waals surface area contributed by atoms with Crippen molar-refractivity contribution in [2.24, 2.45) is 7.05 Å². The lowest BCUT2D eigenvalue weighted by atomic mass is 10.1. The van der Waals surface area contributed by atoms with Crippen LogP contribution in [-0.4, -0.2) is 40.1 Å². The molecule has 0 radical (unpaired) electrons. The molecule has 0 aliphatic heterocycles. The first-order valence-electron chi connectivity index (χ1n) is 11.2. The second-order valence-electron chi connectivity index (χ2n) is 8.53. The zero-order chi connectivity index (χ0) is 26.1. The molecular formula is C26H27N3O5S2. The molecule has 0 bridgehead atoms. The van der Waals surface area contributed by atoms with Gasteiger partial charge < -0.3 is 9.88 Å². The first-order chi connectivity index (χ1) is 17.0. The third kappa shape index (κ3) is 4.87. The van der Waals surface area contributed by atoms with Crippen LogP contribution in [-0.2, 0) is 33.5 Å². The molecule has 1 aromatic heterocycles. The van der Waals surface area contributed by atoms with E-state index in [-0.39, 0.29) is 29.6 Å². The van der Waals surface area contributed by atoms with Crippen molar-refractivity contribution in [1.29, 1.82) is 0 Å². The minimum atomic E-state index is -4.47. The third-order valence-corrected chi connectivity index (χ3v) is 9.54. The molecule has 188 valence electrons. The topological polar surface area (TPSA) is 106 Å². The van der Waals surface area contributed by atoms with Gasteiger partial charge in [0.1, 0.15) is 5.82 Å². The van der Waals surface area contributed by atoms with E-state index in [1.807, 2.05) is 19.1 Å². The second-order valence-corrected chi connectivity index (χ2v) is 12.4. The summed E-state index contributed by atoms with van der Waals surface area (Å²) in [5.41, 5.74) is 2.52. The molecule has 36 heavy (non-hydrogen) atoms. The van der Waals surface area contributed by atoms with E-state index in [1.165, 1.54) is 12.1 Å². The Labute approximate surface area is 211 Å². The Bertz CT molecular complexity index is 1630. The van der Waals surface area contributed by atoms with Crippen molar-refractivity contribution in [2.75, 3.05) is 16.5 Å². The van der Waals surface area contributed by atoms with E-state index < -0.39 is 20.0 Å². The van der Waals surface area contributed by atoms with Gasteiger partial charge in [-0.25, -0.2) is 8.42 Å². The van der Waals surface area contributed by atoms with E-state index in [2.05, 4.69) is 5.32 Å². The van der Waals surface area contributed by atoms with Gasteiger partial charge in [-0.1, -0.05) is 54.1 Å². The average molecular weight is 526 g/mol. The number of anilines is 1. The van der Waals surface area contributed by atoms with Crippen LogP contribution in [0, 0.1) is 6.92 Å². The van der Waals surface area contributed by atoms with Crippen LogP contribution in [0.2, 0.25) is 0 Å². The monoisotopic (exact) mass is 525 g/mol. The standard InChI is InChI=1S/C26H27N3O5S2/c1-19-13-15-21(16-14-19)36(33,34)29(35(3,31)32)26-23(22-11-7-8-12-24(22)28(26)2)17-18-27-25(30)20-9-5-4-6-10-20/h4-16H,17-18H2,1-3H3,(H,27,30). The molecule has 0 saturated carbocycles. The van der Waals surface area contributed by atoms with Gasteiger partial charge in [0.05, 0.1) is 11.2 Å². The fourth-order valence-electron chi connectivity index (χ4n) is 4.19. The number of para-hydroxylation sites is 1. The fourth-order valence-corrected chi connectivity index (χ4v) is 7.55. The second kappa shape index (κ2) is 9.79. The van der Waals surface area contributed by atoms with Crippen molar-refractivity contribution < 1.29 is 21.6 Å². The molecule has 1 N–H and O–H groups in total. The highest BCUT2D eigenvalue weighted by Crippen LogP contribution is 2.37. The Balaban J connectivity index is 1.81. The van der Waals surface area contributed by atoms with E-state index in [4.69, 9.17) is 0 Å². The number of benzene rings is 3. The summed E-state index contributed by atoms with van der Waals surface area (Å²) in [5, 5.41) is 3.54. The van der Waals surface area contributed by atoms with Crippen molar-refractivity contribution in [3.05, 3.63) is 95.6 Å². The van der Waals surface area contributed by atoms with Gasteiger partial charge in [-0.3, -0.25) is 4.79 Å². The van der Waals surface area contributed by atoms with Crippen LogP contribution in [0.4, 0.5) is 5.82 Å². The Morgan fingerprint density at radius 1 is 0.889 bits per heavy atom. The molecule has 4 rings (SSSR count). The predicted molar refractivity (Wildman–Crippen MR) is 141 cm³/mol. The van der Waals surface area contributed by atoms with Crippen molar-refractivity contribution in [2.45, 2.75) is 18.2 Å². The highest BCUT2D eigenvalue weighted by atomic mass is 32.3. The van der Waals surface area contributed by atoms with Gasteiger partial charge in [0.25, 0.3) is 15.9 Å². The number of carbonyl (C=O) groups excluding carboxylic acids is 1. The van der Waals surface area contributed by atoms with Crippen LogP contribution in [0.25, 0.3) is 10.9 Å². The van der Waals surface area contributed by atoms with Crippen LogP contribution in [0.1, 0.15) is 21.5 Å². The van der Waals surface area contributed by atoms with Gasteiger partial charge in [-0.15, -0.1) is 3.71 Å². The number of aromatic nitrogens is 1. The predicted octanol–water partition coefficient (Wildman–Crippen LogP) is 3.61. The molecule has 0 saturated heterocycles. The highest BCUT2D eigenvalue weighted by molar-refractivity contribution is 8.10. The molecular weight excluding hydrogens is 498 g/mol.